The number of nitrogens with one attached hydrogen (secondary N) is 3. The van der Waals surface area contributed by atoms with Gasteiger partial charge in [0, 0.05) is 5.69 Å². The maximum atomic E-state index is 12.1. The molecule has 4 N–H and O–H groups in total. The highest BCUT2D eigenvalue weighted by atomic mass is 35.5. The van der Waals surface area contributed by atoms with E-state index in [2.05, 4.69) is 20.8 Å². The summed E-state index contributed by atoms with van der Waals surface area (Å²) in [7, 11) is 0. The molecule has 142 valence electrons. The van der Waals surface area contributed by atoms with Crippen LogP contribution >= 0.6 is 23.8 Å². The molecule has 8 nitrogen and oxygen atoms in total. The number of H-pyrrole nitrogens is 1. The summed E-state index contributed by atoms with van der Waals surface area (Å²) in [5.74, 6) is -0.602. The van der Waals surface area contributed by atoms with Crippen LogP contribution in [0.1, 0.15) is 5.56 Å². The lowest BCUT2D eigenvalue weighted by Gasteiger charge is -2.11. The monoisotopic (exact) mass is 415 g/mol. The quantitative estimate of drug-likeness (QED) is 0.295. The lowest BCUT2D eigenvalue weighted by molar-refractivity contribution is 0.430. The number of aromatic amines is 1. The maximum absolute atomic E-state index is 12.1. The number of rotatable bonds is 4. The summed E-state index contributed by atoms with van der Waals surface area (Å²) in [5.41, 5.74) is 1.62. The number of benzene rings is 2. The van der Waals surface area contributed by atoms with Gasteiger partial charge in [0.25, 0.3) is 5.56 Å². The van der Waals surface area contributed by atoms with Gasteiger partial charge < -0.3 is 10.4 Å². The molecule has 0 saturated heterocycles. The number of anilines is 1. The predicted octanol–water partition coefficient (Wildman–Crippen LogP) is 2.21. The van der Waals surface area contributed by atoms with Crippen molar-refractivity contribution < 1.29 is 5.11 Å². The molecule has 1 aromatic heterocycles. The molecule has 10 heteroatoms. The highest BCUT2D eigenvalue weighted by Crippen LogP contribution is 2.22. The normalized spacial score (nSPS) is 10.8. The van der Waals surface area contributed by atoms with Crippen molar-refractivity contribution in [2.24, 2.45) is 5.10 Å². The lowest BCUT2D eigenvalue weighted by Crippen LogP contribution is -2.32. The van der Waals surface area contributed by atoms with Crippen LogP contribution in [0.2, 0.25) is 5.02 Å². The molecular formula is C18H14ClN5O3S. The van der Waals surface area contributed by atoms with Gasteiger partial charge in [0.2, 0.25) is 5.88 Å². The molecule has 0 amide bonds. The highest BCUT2D eigenvalue weighted by molar-refractivity contribution is 7.80. The second-order valence-electron chi connectivity index (χ2n) is 5.47. The summed E-state index contributed by atoms with van der Waals surface area (Å²) in [6.07, 6.45) is 1.06. The molecule has 2 aromatic carbocycles. The summed E-state index contributed by atoms with van der Waals surface area (Å²) >= 11 is 11.2. The molecule has 28 heavy (non-hydrogen) atoms. The Morgan fingerprint density at radius 2 is 1.82 bits per heavy atom. The van der Waals surface area contributed by atoms with Crippen molar-refractivity contribution in [2.45, 2.75) is 0 Å². The Morgan fingerprint density at radius 3 is 2.54 bits per heavy atom. The first-order valence-corrected chi connectivity index (χ1v) is 8.74. The van der Waals surface area contributed by atoms with Crippen molar-refractivity contribution in [3.05, 3.63) is 86.0 Å². The minimum absolute atomic E-state index is 0.179. The first-order valence-electron chi connectivity index (χ1n) is 7.95. The van der Waals surface area contributed by atoms with Gasteiger partial charge in [-0.1, -0.05) is 41.9 Å². The van der Waals surface area contributed by atoms with Gasteiger partial charge in [0.1, 0.15) is 5.56 Å². The van der Waals surface area contributed by atoms with Crippen LogP contribution < -0.4 is 22.0 Å². The van der Waals surface area contributed by atoms with E-state index in [0.717, 1.165) is 16.5 Å². The van der Waals surface area contributed by atoms with E-state index in [4.69, 9.17) is 23.8 Å². The third-order valence-corrected chi connectivity index (χ3v) is 4.12. The van der Waals surface area contributed by atoms with E-state index in [0.29, 0.717) is 0 Å². The van der Waals surface area contributed by atoms with Crippen molar-refractivity contribution in [3.8, 4) is 11.6 Å². The fourth-order valence-electron chi connectivity index (χ4n) is 2.35. The predicted molar refractivity (Wildman–Crippen MR) is 113 cm³/mol. The zero-order chi connectivity index (χ0) is 20.1. The van der Waals surface area contributed by atoms with Gasteiger partial charge in [0.05, 0.1) is 16.9 Å². The number of hydrogen-bond donors (Lipinski definition) is 4. The number of hydrogen-bond acceptors (Lipinski definition) is 5. The van der Waals surface area contributed by atoms with Gasteiger partial charge in [-0.3, -0.25) is 15.2 Å². The fraction of sp³-hybridized carbons (Fsp3) is 0. The van der Waals surface area contributed by atoms with Crippen LogP contribution in [-0.4, -0.2) is 26.0 Å². The van der Waals surface area contributed by atoms with E-state index in [1.807, 2.05) is 30.3 Å². The Balaban J connectivity index is 1.86. The van der Waals surface area contributed by atoms with E-state index in [1.165, 1.54) is 6.07 Å². The van der Waals surface area contributed by atoms with Gasteiger partial charge in [-0.2, -0.15) is 5.10 Å². The van der Waals surface area contributed by atoms with E-state index in [9.17, 15) is 14.7 Å². The third-order valence-electron chi connectivity index (χ3n) is 3.61. The number of nitrogens with zero attached hydrogens (tertiary/aromatic N) is 2. The van der Waals surface area contributed by atoms with E-state index < -0.39 is 17.1 Å². The van der Waals surface area contributed by atoms with E-state index in [1.54, 1.807) is 18.2 Å². The average Bonchev–Trinajstić information content (AvgIpc) is 2.66. The van der Waals surface area contributed by atoms with Crippen molar-refractivity contribution in [3.63, 3.8) is 0 Å². The maximum Gasteiger partial charge on any atom is 0.335 e. The molecule has 3 rings (SSSR count). The Kier molecular flexibility index (Phi) is 5.87. The lowest BCUT2D eigenvalue weighted by atomic mass is 10.3. The smallest absolute Gasteiger partial charge is 0.335 e. The fourth-order valence-corrected chi connectivity index (χ4v) is 2.74. The van der Waals surface area contributed by atoms with Crippen LogP contribution in [0.25, 0.3) is 5.69 Å². The molecule has 0 aliphatic carbocycles. The van der Waals surface area contributed by atoms with Crippen molar-refractivity contribution >= 4 is 40.8 Å². The topological polar surface area (TPSA) is 112 Å². The molecule has 0 aliphatic rings. The Bertz CT molecular complexity index is 1160. The van der Waals surface area contributed by atoms with Gasteiger partial charge >= 0.3 is 5.69 Å². The number of halogens is 1. The van der Waals surface area contributed by atoms with Gasteiger partial charge in [-0.05, 0) is 36.5 Å². The second kappa shape index (κ2) is 8.51. The summed E-state index contributed by atoms with van der Waals surface area (Å²) < 4.78 is 0.881. The number of para-hydroxylation sites is 2. The number of hydrazone groups is 1. The summed E-state index contributed by atoms with van der Waals surface area (Å²) in [6.45, 7) is 0. The van der Waals surface area contributed by atoms with Crippen molar-refractivity contribution in [1.29, 1.82) is 0 Å². The molecule has 0 aliphatic heterocycles. The SMILES string of the molecule is O=c1[nH]c(=O)n(-c2ccccc2Cl)c(O)c1C=NNC(=S)Nc1ccccc1. The van der Waals surface area contributed by atoms with Crippen molar-refractivity contribution in [1.82, 2.24) is 15.0 Å². The molecule has 0 bridgehead atoms. The van der Waals surface area contributed by atoms with Crippen LogP contribution in [0.4, 0.5) is 5.69 Å². The summed E-state index contributed by atoms with van der Waals surface area (Å²) in [4.78, 5) is 26.3. The highest BCUT2D eigenvalue weighted by Gasteiger charge is 2.15. The molecule has 0 atom stereocenters. The average molecular weight is 416 g/mol. The first kappa shape index (κ1) is 19.3. The first-order chi connectivity index (χ1) is 13.5. The molecule has 0 saturated carbocycles. The van der Waals surface area contributed by atoms with Gasteiger partial charge in [-0.15, -0.1) is 0 Å². The molecule has 0 fully saturated rings. The number of aromatic hydroxyl groups is 1. The second-order valence-corrected chi connectivity index (χ2v) is 6.29. The standard InChI is InChI=1S/C18H14ClN5O3S/c19-13-8-4-5-9-14(13)24-16(26)12(15(25)22-18(24)27)10-20-23-17(28)21-11-6-2-1-3-7-11/h1-10,26H,(H2,21,23,28)(H,22,25,27). The van der Waals surface area contributed by atoms with Gasteiger partial charge in [0.15, 0.2) is 5.11 Å². The minimum atomic E-state index is -0.832. The van der Waals surface area contributed by atoms with Crippen LogP contribution in [0.15, 0.2) is 69.3 Å². The Labute approximate surface area is 169 Å². The molecule has 0 unspecified atom stereocenters. The third kappa shape index (κ3) is 4.27. The Hall–Kier alpha value is -3.43. The van der Waals surface area contributed by atoms with Crippen LogP contribution in [0, 0.1) is 0 Å². The zero-order valence-corrected chi connectivity index (χ0v) is 15.8. The van der Waals surface area contributed by atoms with Crippen LogP contribution in [-0.2, 0) is 0 Å². The number of thiocarbonyl (C=S) groups is 1. The molecule has 0 radical (unpaired) electrons. The molecule has 0 spiro atoms. The molecule has 1 heterocycles. The van der Waals surface area contributed by atoms with Crippen molar-refractivity contribution in [2.75, 3.05) is 5.32 Å². The molecular weight excluding hydrogens is 402 g/mol. The zero-order valence-electron chi connectivity index (χ0n) is 14.2. The summed E-state index contributed by atoms with van der Waals surface area (Å²) in [5, 5.41) is 17.6. The minimum Gasteiger partial charge on any atom is -0.493 e. The number of aromatic nitrogens is 2. The largest absolute Gasteiger partial charge is 0.493 e. The van der Waals surface area contributed by atoms with Crippen LogP contribution in [0.5, 0.6) is 5.88 Å². The van der Waals surface area contributed by atoms with E-state index >= 15 is 0 Å². The summed E-state index contributed by atoms with van der Waals surface area (Å²) in [6, 6.07) is 15.6. The van der Waals surface area contributed by atoms with E-state index in [-0.39, 0.29) is 21.4 Å². The molecule has 3 aromatic rings. The van der Waals surface area contributed by atoms with Gasteiger partial charge in [-0.25, -0.2) is 9.36 Å². The van der Waals surface area contributed by atoms with Crippen LogP contribution in [0.3, 0.4) is 0 Å². The Morgan fingerprint density at radius 1 is 1.14 bits per heavy atom.